The number of fused-ring (bicyclic) bond motifs is 1. The van der Waals surface area contributed by atoms with Crippen LogP contribution in [0.3, 0.4) is 0 Å². The van der Waals surface area contributed by atoms with E-state index >= 15 is 0 Å². The van der Waals surface area contributed by atoms with Crippen LogP contribution in [0.2, 0.25) is 0 Å². The highest BCUT2D eigenvalue weighted by molar-refractivity contribution is 5.37. The van der Waals surface area contributed by atoms with Crippen molar-refractivity contribution in [2.45, 2.75) is 91.6 Å². The summed E-state index contributed by atoms with van der Waals surface area (Å²) in [7, 11) is 0. The second-order valence-electron chi connectivity index (χ2n) is 8.48. The van der Waals surface area contributed by atoms with Crippen LogP contribution in [0.5, 0.6) is 5.75 Å². The van der Waals surface area contributed by atoms with Crippen molar-refractivity contribution >= 4 is 0 Å². The summed E-state index contributed by atoms with van der Waals surface area (Å²) in [6.45, 7) is 9.32. The maximum Gasteiger partial charge on any atom is 0.200 e. The lowest BCUT2D eigenvalue weighted by Gasteiger charge is -2.27. The number of rotatable bonds is 10. The fourth-order valence-corrected chi connectivity index (χ4v) is 3.90. The Hall–Kier alpha value is -1.12. The first-order chi connectivity index (χ1) is 12.4. The summed E-state index contributed by atoms with van der Waals surface area (Å²) in [6.07, 6.45) is 10.2. The molecule has 3 heteroatoms. The van der Waals surface area contributed by atoms with E-state index < -0.39 is 11.6 Å². The van der Waals surface area contributed by atoms with Crippen LogP contribution in [0.1, 0.15) is 84.6 Å². The Morgan fingerprint density at radius 3 is 2.50 bits per heavy atom. The molecular formula is C23H36F2O. The Kier molecular flexibility index (Phi) is 8.37. The molecule has 0 N–H and O–H groups in total. The summed E-state index contributed by atoms with van der Waals surface area (Å²) in [5.74, 6) is 0.738. The third-order valence-corrected chi connectivity index (χ3v) is 6.23. The van der Waals surface area contributed by atoms with Gasteiger partial charge < -0.3 is 4.74 Å². The maximum absolute atomic E-state index is 13.9. The molecule has 0 spiro atoms. The molecule has 0 fully saturated rings. The van der Waals surface area contributed by atoms with Crippen LogP contribution < -0.4 is 4.74 Å². The predicted molar refractivity (Wildman–Crippen MR) is 105 cm³/mol. The maximum atomic E-state index is 13.9. The zero-order chi connectivity index (χ0) is 19.1. The lowest BCUT2D eigenvalue weighted by atomic mass is 9.84. The molecule has 1 nitrogen and oxygen atoms in total. The van der Waals surface area contributed by atoms with Gasteiger partial charge in [0.15, 0.2) is 11.6 Å². The Bertz CT molecular complexity index is 557. The Labute approximate surface area is 158 Å². The molecule has 148 valence electrons. The second-order valence-corrected chi connectivity index (χ2v) is 8.48. The first-order valence-electron chi connectivity index (χ1n) is 10.6. The second kappa shape index (κ2) is 10.3. The van der Waals surface area contributed by atoms with Crippen molar-refractivity contribution < 1.29 is 13.5 Å². The molecule has 4 atom stereocenters. The highest BCUT2D eigenvalue weighted by Crippen LogP contribution is 2.34. The topological polar surface area (TPSA) is 9.23 Å². The van der Waals surface area contributed by atoms with E-state index in [0.29, 0.717) is 5.92 Å². The minimum Gasteiger partial charge on any atom is -0.487 e. The summed E-state index contributed by atoms with van der Waals surface area (Å²) in [6, 6.07) is 2.84. The summed E-state index contributed by atoms with van der Waals surface area (Å²) < 4.78 is 33.1. The lowest BCUT2D eigenvalue weighted by molar-refractivity contribution is 0.144. The summed E-state index contributed by atoms with van der Waals surface area (Å²) >= 11 is 0. The lowest BCUT2D eigenvalue weighted by Crippen LogP contribution is -2.24. The average molecular weight is 367 g/mol. The Balaban J connectivity index is 1.73. The normalized spacial score (nSPS) is 20.2. The molecular weight excluding hydrogens is 330 g/mol. The zero-order valence-electron chi connectivity index (χ0n) is 17.0. The summed E-state index contributed by atoms with van der Waals surface area (Å²) in [5, 5.41) is 0. The van der Waals surface area contributed by atoms with E-state index in [9.17, 15) is 8.78 Å². The molecule has 1 aliphatic rings. The predicted octanol–water partition coefficient (Wildman–Crippen LogP) is 7.32. The number of hydrogen-bond acceptors (Lipinski definition) is 1. The minimum atomic E-state index is -0.824. The quantitative estimate of drug-likeness (QED) is 0.421. The number of ether oxygens (including phenoxy) is 1. The van der Waals surface area contributed by atoms with E-state index in [2.05, 4.69) is 27.7 Å². The minimum absolute atomic E-state index is 0.0159. The van der Waals surface area contributed by atoms with Gasteiger partial charge in [-0.25, -0.2) is 4.39 Å². The summed E-state index contributed by atoms with van der Waals surface area (Å²) in [5.41, 5.74) is 0.795. The molecule has 0 aliphatic carbocycles. The number of hydrogen-bond donors (Lipinski definition) is 0. The van der Waals surface area contributed by atoms with Gasteiger partial charge in [-0.15, -0.1) is 0 Å². The van der Waals surface area contributed by atoms with E-state index in [-0.39, 0.29) is 11.9 Å². The molecule has 1 aromatic rings. The average Bonchev–Trinajstić information content (AvgIpc) is 2.65. The Morgan fingerprint density at radius 2 is 1.77 bits per heavy atom. The first-order valence-corrected chi connectivity index (χ1v) is 10.6. The molecule has 0 aromatic heterocycles. The van der Waals surface area contributed by atoms with E-state index in [0.717, 1.165) is 43.1 Å². The molecule has 0 saturated carbocycles. The van der Waals surface area contributed by atoms with Crippen LogP contribution in [0.15, 0.2) is 12.1 Å². The highest BCUT2D eigenvalue weighted by Gasteiger charge is 2.25. The zero-order valence-corrected chi connectivity index (χ0v) is 17.0. The third-order valence-electron chi connectivity index (χ3n) is 6.23. The van der Waals surface area contributed by atoms with Gasteiger partial charge in [-0.05, 0) is 55.1 Å². The Morgan fingerprint density at radius 1 is 1.04 bits per heavy atom. The van der Waals surface area contributed by atoms with E-state index in [1.807, 2.05) is 0 Å². The van der Waals surface area contributed by atoms with Crippen molar-refractivity contribution in [1.82, 2.24) is 0 Å². The van der Waals surface area contributed by atoms with Gasteiger partial charge >= 0.3 is 0 Å². The van der Waals surface area contributed by atoms with Gasteiger partial charge in [0.05, 0.1) is 6.10 Å². The molecule has 2 rings (SSSR count). The SMILES string of the molecule is CCCCC(C)C(C)CCC(C)CCC1CCc2ccc(F)c(F)c2O1. The van der Waals surface area contributed by atoms with Gasteiger partial charge in [0, 0.05) is 0 Å². The van der Waals surface area contributed by atoms with Gasteiger partial charge in [0.1, 0.15) is 0 Å². The molecule has 0 amide bonds. The van der Waals surface area contributed by atoms with Crippen LogP contribution in [-0.2, 0) is 6.42 Å². The monoisotopic (exact) mass is 366 g/mol. The number of halogens is 2. The van der Waals surface area contributed by atoms with Crippen molar-refractivity contribution in [3.8, 4) is 5.75 Å². The van der Waals surface area contributed by atoms with Gasteiger partial charge in [0.2, 0.25) is 5.82 Å². The van der Waals surface area contributed by atoms with Crippen molar-refractivity contribution in [3.63, 3.8) is 0 Å². The highest BCUT2D eigenvalue weighted by atomic mass is 19.2. The van der Waals surface area contributed by atoms with Crippen molar-refractivity contribution in [1.29, 1.82) is 0 Å². The van der Waals surface area contributed by atoms with Crippen LogP contribution in [0, 0.1) is 29.4 Å². The van der Waals surface area contributed by atoms with Crippen molar-refractivity contribution in [2.24, 2.45) is 17.8 Å². The van der Waals surface area contributed by atoms with Crippen molar-refractivity contribution in [3.05, 3.63) is 29.3 Å². The molecule has 0 saturated heterocycles. The number of unbranched alkanes of at least 4 members (excludes halogenated alkanes) is 1. The van der Waals surface area contributed by atoms with E-state index in [1.54, 1.807) is 6.07 Å². The van der Waals surface area contributed by atoms with E-state index in [1.165, 1.54) is 38.2 Å². The largest absolute Gasteiger partial charge is 0.487 e. The first kappa shape index (κ1) is 21.2. The molecule has 26 heavy (non-hydrogen) atoms. The van der Waals surface area contributed by atoms with Gasteiger partial charge in [0.25, 0.3) is 0 Å². The molecule has 0 bridgehead atoms. The number of aryl methyl sites for hydroxylation is 1. The molecule has 1 heterocycles. The molecule has 1 aliphatic heterocycles. The van der Waals surface area contributed by atoms with Crippen molar-refractivity contribution in [2.75, 3.05) is 0 Å². The smallest absolute Gasteiger partial charge is 0.200 e. The van der Waals surface area contributed by atoms with Crippen LogP contribution in [-0.4, -0.2) is 6.10 Å². The fraction of sp³-hybridized carbons (Fsp3) is 0.739. The fourth-order valence-electron chi connectivity index (χ4n) is 3.90. The van der Waals surface area contributed by atoms with Crippen LogP contribution >= 0.6 is 0 Å². The van der Waals surface area contributed by atoms with Crippen LogP contribution in [0.25, 0.3) is 0 Å². The summed E-state index contributed by atoms with van der Waals surface area (Å²) in [4.78, 5) is 0. The molecule has 0 radical (unpaired) electrons. The number of benzene rings is 1. The molecule has 4 unspecified atom stereocenters. The van der Waals surface area contributed by atoms with Crippen LogP contribution in [0.4, 0.5) is 8.78 Å². The third kappa shape index (κ3) is 5.96. The standard InChI is InChI=1S/C23H36F2O/c1-5-6-7-17(3)18(4)10-8-16(2)9-13-20-14-11-19-12-15-21(24)22(25)23(19)26-20/h12,15-18,20H,5-11,13-14H2,1-4H3. The molecule has 1 aromatic carbocycles. The van der Waals surface area contributed by atoms with E-state index in [4.69, 9.17) is 4.74 Å². The van der Waals surface area contributed by atoms with Gasteiger partial charge in [-0.1, -0.05) is 65.9 Å². The van der Waals surface area contributed by atoms with Gasteiger partial charge in [-0.3, -0.25) is 0 Å². The van der Waals surface area contributed by atoms with Gasteiger partial charge in [-0.2, -0.15) is 4.39 Å².